The molecule has 1 fully saturated rings. The Morgan fingerprint density at radius 3 is 2.73 bits per heavy atom. The average Bonchev–Trinajstić information content (AvgIpc) is 3.26. The highest BCUT2D eigenvalue weighted by molar-refractivity contribution is 5.95. The first-order valence-electron chi connectivity index (χ1n) is 11.1. The van der Waals surface area contributed by atoms with Crippen LogP contribution in [-0.2, 0) is 9.53 Å². The molecule has 0 radical (unpaired) electrons. The number of carbonyl (C=O) groups is 2. The van der Waals surface area contributed by atoms with E-state index >= 15 is 0 Å². The Morgan fingerprint density at radius 1 is 1.21 bits per heavy atom. The summed E-state index contributed by atoms with van der Waals surface area (Å²) in [5, 5.41) is 14.6. The van der Waals surface area contributed by atoms with E-state index in [1.165, 1.54) is 6.26 Å². The normalized spacial score (nSPS) is 19.3. The summed E-state index contributed by atoms with van der Waals surface area (Å²) in [4.78, 5) is 29.8. The molecule has 2 aromatic rings. The van der Waals surface area contributed by atoms with E-state index in [0.717, 1.165) is 38.3 Å². The molecular formula is C24H27N5O4. The molecule has 0 bridgehead atoms. The monoisotopic (exact) mass is 449 g/mol. The molecule has 4 rings (SSSR count). The lowest BCUT2D eigenvalue weighted by Gasteiger charge is -2.30. The van der Waals surface area contributed by atoms with Crippen LogP contribution >= 0.6 is 0 Å². The summed E-state index contributed by atoms with van der Waals surface area (Å²) in [6, 6.07) is 12.1. The highest BCUT2D eigenvalue weighted by Gasteiger charge is 2.36. The number of nitrogens with zero attached hydrogens (tertiary/aromatic N) is 3. The zero-order valence-corrected chi connectivity index (χ0v) is 18.5. The molecule has 2 amide bonds. The summed E-state index contributed by atoms with van der Waals surface area (Å²) in [7, 11) is 0. The Bertz CT molecular complexity index is 1060. The second-order valence-corrected chi connectivity index (χ2v) is 7.94. The predicted octanol–water partition coefficient (Wildman–Crippen LogP) is 2.53. The molecule has 0 aliphatic carbocycles. The number of carbonyl (C=O) groups excluding carboxylic acids is 2. The number of furan rings is 1. The van der Waals surface area contributed by atoms with Crippen molar-refractivity contribution < 1.29 is 18.7 Å². The van der Waals surface area contributed by atoms with Gasteiger partial charge in [-0.3, -0.25) is 4.90 Å². The highest BCUT2D eigenvalue weighted by atomic mass is 16.5. The first-order valence-corrected chi connectivity index (χ1v) is 11.1. The molecule has 0 saturated carbocycles. The second-order valence-electron chi connectivity index (χ2n) is 7.94. The molecular weight excluding hydrogens is 422 g/mol. The van der Waals surface area contributed by atoms with Crippen molar-refractivity contribution in [2.24, 2.45) is 0 Å². The first kappa shape index (κ1) is 22.4. The molecule has 1 aromatic heterocycles. The fraction of sp³-hybridized carbons (Fsp3) is 0.375. The first-order chi connectivity index (χ1) is 16.1. The molecule has 172 valence electrons. The molecule has 0 spiro atoms. The van der Waals surface area contributed by atoms with Gasteiger partial charge in [0.05, 0.1) is 30.1 Å². The number of urea groups is 1. The number of nitriles is 1. The van der Waals surface area contributed by atoms with Crippen LogP contribution in [0.2, 0.25) is 0 Å². The number of nitrogens with one attached hydrogen (secondary N) is 2. The zero-order chi connectivity index (χ0) is 23.2. The van der Waals surface area contributed by atoms with Crippen LogP contribution in [0.25, 0.3) is 0 Å². The fourth-order valence-electron chi connectivity index (χ4n) is 4.22. The van der Waals surface area contributed by atoms with Gasteiger partial charge in [-0.25, -0.2) is 9.59 Å². The van der Waals surface area contributed by atoms with Gasteiger partial charge in [-0.1, -0.05) is 0 Å². The molecule has 1 atom stereocenters. The summed E-state index contributed by atoms with van der Waals surface area (Å²) < 4.78 is 10.8. The number of esters is 1. The van der Waals surface area contributed by atoms with Gasteiger partial charge in [-0.2, -0.15) is 5.26 Å². The molecule has 3 heterocycles. The summed E-state index contributed by atoms with van der Waals surface area (Å²) in [6.07, 6.45) is 2.44. The van der Waals surface area contributed by atoms with Crippen LogP contribution in [0.15, 0.2) is 58.3 Å². The number of hydrogen-bond donors (Lipinski definition) is 2. The third-order valence-corrected chi connectivity index (χ3v) is 5.81. The SMILES string of the molecule is CCOC(=O)C1=C(CN2CCCN(c3ccc(C#N)cc3)CC2)NC(=O)NC1c1ccco1. The van der Waals surface area contributed by atoms with Crippen LogP contribution < -0.4 is 15.5 Å². The molecule has 9 nitrogen and oxygen atoms in total. The Balaban J connectivity index is 1.53. The zero-order valence-electron chi connectivity index (χ0n) is 18.5. The van der Waals surface area contributed by atoms with Crippen molar-refractivity contribution >= 4 is 17.7 Å². The van der Waals surface area contributed by atoms with Crippen molar-refractivity contribution in [2.75, 3.05) is 44.2 Å². The van der Waals surface area contributed by atoms with Gasteiger partial charge in [-0.05, 0) is 49.7 Å². The molecule has 2 aliphatic rings. The third kappa shape index (κ3) is 5.18. The number of amides is 2. The van der Waals surface area contributed by atoms with Crippen molar-refractivity contribution in [1.82, 2.24) is 15.5 Å². The summed E-state index contributed by atoms with van der Waals surface area (Å²) in [6.45, 7) is 5.66. The van der Waals surface area contributed by atoms with Crippen molar-refractivity contribution in [3.8, 4) is 6.07 Å². The topological polar surface area (TPSA) is 111 Å². The Hall–Kier alpha value is -3.77. The Morgan fingerprint density at radius 2 is 2.03 bits per heavy atom. The van der Waals surface area contributed by atoms with Crippen LogP contribution in [0.3, 0.4) is 0 Å². The van der Waals surface area contributed by atoms with E-state index < -0.39 is 12.0 Å². The number of hydrogen-bond acceptors (Lipinski definition) is 7. The molecule has 9 heteroatoms. The minimum Gasteiger partial charge on any atom is -0.467 e. The van der Waals surface area contributed by atoms with Crippen molar-refractivity contribution in [3.05, 3.63) is 65.3 Å². The van der Waals surface area contributed by atoms with Gasteiger partial charge in [0.15, 0.2) is 0 Å². The van der Waals surface area contributed by atoms with Gasteiger partial charge in [0.1, 0.15) is 11.8 Å². The Kier molecular flexibility index (Phi) is 6.95. The maximum absolute atomic E-state index is 12.9. The number of anilines is 1. The maximum atomic E-state index is 12.9. The molecule has 2 N–H and O–H groups in total. The summed E-state index contributed by atoms with van der Waals surface area (Å²) >= 11 is 0. The summed E-state index contributed by atoms with van der Waals surface area (Å²) in [5.74, 6) is 0.00342. The van der Waals surface area contributed by atoms with Crippen LogP contribution in [0, 0.1) is 11.3 Å². The van der Waals surface area contributed by atoms with Gasteiger partial charge < -0.3 is 24.7 Å². The van der Waals surface area contributed by atoms with Crippen molar-refractivity contribution in [2.45, 2.75) is 19.4 Å². The fourth-order valence-corrected chi connectivity index (χ4v) is 4.22. The van der Waals surface area contributed by atoms with Gasteiger partial charge in [0.25, 0.3) is 0 Å². The van der Waals surface area contributed by atoms with E-state index in [0.29, 0.717) is 29.1 Å². The van der Waals surface area contributed by atoms with E-state index in [1.54, 1.807) is 19.1 Å². The van der Waals surface area contributed by atoms with Gasteiger partial charge in [-0.15, -0.1) is 0 Å². The van der Waals surface area contributed by atoms with Gasteiger partial charge in [0, 0.05) is 44.1 Å². The van der Waals surface area contributed by atoms with E-state index in [1.807, 2.05) is 24.3 Å². The molecule has 1 saturated heterocycles. The number of ether oxygens (including phenoxy) is 1. The predicted molar refractivity (Wildman–Crippen MR) is 121 cm³/mol. The van der Waals surface area contributed by atoms with Crippen LogP contribution in [0.1, 0.15) is 30.7 Å². The third-order valence-electron chi connectivity index (χ3n) is 5.81. The molecule has 2 aliphatic heterocycles. The van der Waals surface area contributed by atoms with Crippen LogP contribution in [0.4, 0.5) is 10.5 Å². The van der Waals surface area contributed by atoms with E-state index in [2.05, 4.69) is 26.5 Å². The second kappa shape index (κ2) is 10.2. The van der Waals surface area contributed by atoms with Gasteiger partial charge >= 0.3 is 12.0 Å². The lowest BCUT2D eigenvalue weighted by atomic mass is 10.00. The summed E-state index contributed by atoms with van der Waals surface area (Å²) in [5.41, 5.74) is 2.61. The number of benzene rings is 1. The van der Waals surface area contributed by atoms with E-state index in [4.69, 9.17) is 14.4 Å². The number of rotatable bonds is 6. The Labute approximate surface area is 192 Å². The minimum atomic E-state index is -0.704. The molecule has 1 aromatic carbocycles. The highest BCUT2D eigenvalue weighted by Crippen LogP contribution is 2.29. The largest absolute Gasteiger partial charge is 0.467 e. The smallest absolute Gasteiger partial charge is 0.338 e. The lowest BCUT2D eigenvalue weighted by molar-refractivity contribution is -0.139. The minimum absolute atomic E-state index is 0.234. The van der Waals surface area contributed by atoms with Crippen molar-refractivity contribution in [1.29, 1.82) is 5.26 Å². The van der Waals surface area contributed by atoms with E-state index in [-0.39, 0.29) is 12.6 Å². The van der Waals surface area contributed by atoms with Gasteiger partial charge in [0.2, 0.25) is 0 Å². The average molecular weight is 450 g/mol. The molecule has 1 unspecified atom stereocenters. The van der Waals surface area contributed by atoms with Crippen LogP contribution in [-0.4, -0.2) is 56.2 Å². The maximum Gasteiger partial charge on any atom is 0.338 e. The standard InChI is InChI=1S/C24H27N5O4/c1-2-32-23(30)21-19(26-24(31)27-22(21)20-5-3-14-33-20)16-28-10-4-11-29(13-12-28)18-8-6-17(15-25)7-9-18/h3,5-9,14,22H,2,4,10-13,16H2,1H3,(H2,26,27,31). The van der Waals surface area contributed by atoms with Crippen LogP contribution in [0.5, 0.6) is 0 Å². The van der Waals surface area contributed by atoms with Crippen molar-refractivity contribution in [3.63, 3.8) is 0 Å². The van der Waals surface area contributed by atoms with E-state index in [9.17, 15) is 9.59 Å². The molecule has 33 heavy (non-hydrogen) atoms. The lowest BCUT2D eigenvalue weighted by Crippen LogP contribution is -2.48. The quantitative estimate of drug-likeness (QED) is 0.652.